The molecule has 1 aromatic carbocycles. The van der Waals surface area contributed by atoms with Crippen LogP contribution in [-0.2, 0) is 19.6 Å². The number of rotatable bonds is 4. The molecule has 2 amide bonds. The van der Waals surface area contributed by atoms with Crippen molar-refractivity contribution in [3.8, 4) is 0 Å². The van der Waals surface area contributed by atoms with Crippen LogP contribution in [0.5, 0.6) is 0 Å². The van der Waals surface area contributed by atoms with Gasteiger partial charge < -0.3 is 15.5 Å². The maximum Gasteiger partial charge on any atom is 0.239 e. The Morgan fingerprint density at radius 3 is 2.26 bits per heavy atom. The van der Waals surface area contributed by atoms with Crippen LogP contribution < -0.4 is 15.8 Å². The zero-order valence-electron chi connectivity index (χ0n) is 14.9. The van der Waals surface area contributed by atoms with Crippen LogP contribution in [0.15, 0.2) is 29.2 Å². The lowest BCUT2D eigenvalue weighted by molar-refractivity contribution is -0.136. The quantitative estimate of drug-likeness (QED) is 0.666. The Hall–Kier alpha value is -1.68. The number of hydrogen-bond donors (Lipinski definition) is 3. The fraction of sp³-hybridized carbons (Fsp3) is 0.529. The first-order valence-corrected chi connectivity index (χ1v) is 10.3. The lowest BCUT2D eigenvalue weighted by Gasteiger charge is -2.33. The molecule has 3 rings (SSSR count). The molecule has 4 N–H and O–H groups in total. The zero-order chi connectivity index (χ0) is 18.7. The molecule has 10 heteroatoms. The molecule has 0 aliphatic carbocycles. The number of nitrogens with one attached hydrogen (secondary N) is 2. The van der Waals surface area contributed by atoms with Gasteiger partial charge in [-0.25, -0.2) is 13.6 Å². The Bertz CT molecular complexity index is 771. The topological polar surface area (TPSA) is 122 Å². The van der Waals surface area contributed by atoms with Crippen LogP contribution in [0.2, 0.25) is 0 Å². The molecule has 2 heterocycles. The monoisotopic (exact) mass is 416 g/mol. The standard InChI is InChI=1S/C17H24N4O4S.ClH/c18-26(24,25)14-5-3-13(4-6-14)20-16(22)12-7-10-21(11-8-12)17(23)15-2-1-9-19-15;/h3-6,12,15,19H,1-2,7-11H2,(H,20,22)(H2,18,24,25);1H. The van der Waals surface area contributed by atoms with Crippen LogP contribution in [0, 0.1) is 5.92 Å². The Kier molecular flexibility index (Phi) is 7.21. The Morgan fingerprint density at radius 2 is 1.74 bits per heavy atom. The predicted octanol–water partition coefficient (Wildman–Crippen LogP) is 0.685. The predicted molar refractivity (Wildman–Crippen MR) is 104 cm³/mol. The Labute approximate surface area is 165 Å². The van der Waals surface area contributed by atoms with E-state index in [9.17, 15) is 18.0 Å². The molecule has 2 aliphatic heterocycles. The van der Waals surface area contributed by atoms with Crippen molar-refractivity contribution in [1.82, 2.24) is 10.2 Å². The average Bonchev–Trinajstić information content (AvgIpc) is 3.15. The number of sulfonamides is 1. The molecule has 1 atom stereocenters. The minimum absolute atomic E-state index is 0. The Morgan fingerprint density at radius 1 is 1.11 bits per heavy atom. The largest absolute Gasteiger partial charge is 0.341 e. The first kappa shape index (κ1) is 21.6. The molecule has 1 aromatic rings. The SMILES string of the molecule is Cl.NS(=O)(=O)c1ccc(NC(=O)C2CCN(C(=O)C3CCCN3)CC2)cc1. The normalized spacial score (nSPS) is 20.8. The molecule has 8 nitrogen and oxygen atoms in total. The number of hydrogen-bond acceptors (Lipinski definition) is 5. The number of piperidine rings is 1. The molecule has 150 valence electrons. The van der Waals surface area contributed by atoms with Gasteiger partial charge in [0.2, 0.25) is 21.8 Å². The minimum Gasteiger partial charge on any atom is -0.341 e. The van der Waals surface area contributed by atoms with E-state index in [0.717, 1.165) is 19.4 Å². The van der Waals surface area contributed by atoms with Gasteiger partial charge >= 0.3 is 0 Å². The van der Waals surface area contributed by atoms with Crippen molar-refractivity contribution < 1.29 is 18.0 Å². The number of carbonyl (C=O) groups excluding carboxylic acids is 2. The second-order valence-corrected chi connectivity index (χ2v) is 8.37. The van der Waals surface area contributed by atoms with E-state index >= 15 is 0 Å². The number of amides is 2. The highest BCUT2D eigenvalue weighted by molar-refractivity contribution is 7.89. The van der Waals surface area contributed by atoms with Crippen molar-refractivity contribution >= 4 is 39.9 Å². The van der Waals surface area contributed by atoms with E-state index in [4.69, 9.17) is 5.14 Å². The van der Waals surface area contributed by atoms with Crippen molar-refractivity contribution in [3.05, 3.63) is 24.3 Å². The summed E-state index contributed by atoms with van der Waals surface area (Å²) in [4.78, 5) is 26.6. The number of anilines is 1. The summed E-state index contributed by atoms with van der Waals surface area (Å²) in [7, 11) is -3.75. The zero-order valence-corrected chi connectivity index (χ0v) is 16.5. The van der Waals surface area contributed by atoms with Gasteiger partial charge in [-0.05, 0) is 56.5 Å². The van der Waals surface area contributed by atoms with Crippen molar-refractivity contribution in [2.24, 2.45) is 11.1 Å². The van der Waals surface area contributed by atoms with Gasteiger partial charge in [0, 0.05) is 24.7 Å². The molecule has 1 unspecified atom stereocenters. The van der Waals surface area contributed by atoms with Gasteiger partial charge in [-0.2, -0.15) is 0 Å². The van der Waals surface area contributed by atoms with E-state index < -0.39 is 10.0 Å². The van der Waals surface area contributed by atoms with Crippen LogP contribution in [0.3, 0.4) is 0 Å². The summed E-state index contributed by atoms with van der Waals surface area (Å²) in [6, 6.07) is 5.68. The van der Waals surface area contributed by atoms with Gasteiger partial charge in [0.25, 0.3) is 0 Å². The van der Waals surface area contributed by atoms with Gasteiger partial charge in [-0.3, -0.25) is 9.59 Å². The van der Waals surface area contributed by atoms with E-state index in [2.05, 4.69) is 10.6 Å². The van der Waals surface area contributed by atoms with Gasteiger partial charge in [-0.1, -0.05) is 0 Å². The Balaban J connectivity index is 0.00000261. The van der Waals surface area contributed by atoms with Crippen LogP contribution in [0.25, 0.3) is 0 Å². The summed E-state index contributed by atoms with van der Waals surface area (Å²) in [6.45, 7) is 2.05. The second kappa shape index (κ2) is 9.01. The van der Waals surface area contributed by atoms with Gasteiger partial charge in [0.1, 0.15) is 0 Å². The third-order valence-electron chi connectivity index (χ3n) is 4.99. The smallest absolute Gasteiger partial charge is 0.239 e. The second-order valence-electron chi connectivity index (χ2n) is 6.81. The maximum atomic E-state index is 12.4. The van der Waals surface area contributed by atoms with Crippen molar-refractivity contribution in [1.29, 1.82) is 0 Å². The summed E-state index contributed by atoms with van der Waals surface area (Å²) in [5.74, 6) is -0.132. The first-order chi connectivity index (χ1) is 12.3. The van der Waals surface area contributed by atoms with E-state index in [-0.39, 0.29) is 41.1 Å². The highest BCUT2D eigenvalue weighted by Gasteiger charge is 2.31. The lowest BCUT2D eigenvalue weighted by Crippen LogP contribution is -2.48. The van der Waals surface area contributed by atoms with Gasteiger partial charge in [0.05, 0.1) is 10.9 Å². The maximum absolute atomic E-state index is 12.4. The number of halogens is 1. The van der Waals surface area contributed by atoms with Crippen molar-refractivity contribution in [3.63, 3.8) is 0 Å². The van der Waals surface area contributed by atoms with E-state index in [1.165, 1.54) is 24.3 Å². The van der Waals surface area contributed by atoms with Crippen molar-refractivity contribution in [2.75, 3.05) is 25.0 Å². The van der Waals surface area contributed by atoms with Crippen LogP contribution in [0.1, 0.15) is 25.7 Å². The van der Waals surface area contributed by atoms with E-state index in [1.54, 1.807) is 0 Å². The average molecular weight is 417 g/mol. The third-order valence-corrected chi connectivity index (χ3v) is 5.92. The molecule has 2 saturated heterocycles. The molecule has 2 fully saturated rings. The third kappa shape index (κ3) is 5.41. The number of primary sulfonamides is 1. The van der Waals surface area contributed by atoms with Gasteiger partial charge in [-0.15, -0.1) is 12.4 Å². The van der Waals surface area contributed by atoms with Crippen LogP contribution in [-0.4, -0.2) is 50.8 Å². The highest BCUT2D eigenvalue weighted by atomic mass is 35.5. The first-order valence-electron chi connectivity index (χ1n) is 8.80. The number of likely N-dealkylation sites (tertiary alicyclic amines) is 1. The number of carbonyl (C=O) groups is 2. The molecule has 0 spiro atoms. The molecule has 0 bridgehead atoms. The summed E-state index contributed by atoms with van der Waals surface area (Å²) in [5.41, 5.74) is 0.524. The van der Waals surface area contributed by atoms with Crippen LogP contribution in [0.4, 0.5) is 5.69 Å². The van der Waals surface area contributed by atoms with Crippen molar-refractivity contribution in [2.45, 2.75) is 36.6 Å². The molecular formula is C17H25ClN4O4S. The van der Waals surface area contributed by atoms with Crippen LogP contribution >= 0.6 is 12.4 Å². The number of nitrogens with zero attached hydrogens (tertiary/aromatic N) is 1. The summed E-state index contributed by atoms with van der Waals surface area (Å²) >= 11 is 0. The summed E-state index contributed by atoms with van der Waals surface area (Å²) in [5, 5.41) is 11.1. The lowest BCUT2D eigenvalue weighted by atomic mass is 9.95. The fourth-order valence-corrected chi connectivity index (χ4v) is 3.97. The molecule has 0 aromatic heterocycles. The molecule has 0 saturated carbocycles. The fourth-order valence-electron chi connectivity index (χ4n) is 3.45. The number of benzene rings is 1. The minimum atomic E-state index is -3.75. The molecule has 0 radical (unpaired) electrons. The molecule has 27 heavy (non-hydrogen) atoms. The number of nitrogens with two attached hydrogens (primary N) is 1. The molecule has 2 aliphatic rings. The molecular weight excluding hydrogens is 392 g/mol. The summed E-state index contributed by atoms with van der Waals surface area (Å²) < 4.78 is 22.5. The summed E-state index contributed by atoms with van der Waals surface area (Å²) in [6.07, 6.45) is 3.16. The highest BCUT2D eigenvalue weighted by Crippen LogP contribution is 2.22. The van der Waals surface area contributed by atoms with E-state index in [0.29, 0.717) is 31.6 Å². The van der Waals surface area contributed by atoms with Gasteiger partial charge in [0.15, 0.2) is 0 Å². The van der Waals surface area contributed by atoms with E-state index in [1.807, 2.05) is 4.90 Å².